The van der Waals surface area contributed by atoms with Gasteiger partial charge in [-0.2, -0.15) is 0 Å². The Bertz CT molecular complexity index is 729. The van der Waals surface area contributed by atoms with Crippen LogP contribution in [-0.4, -0.2) is 32.2 Å². The predicted molar refractivity (Wildman–Crippen MR) is 92.7 cm³/mol. The van der Waals surface area contributed by atoms with Gasteiger partial charge in [-0.3, -0.25) is 4.79 Å². The average Bonchev–Trinajstić information content (AvgIpc) is 3.10. The van der Waals surface area contributed by atoms with Crippen molar-refractivity contribution in [2.45, 2.75) is 44.2 Å². The molecular formula is C16H21ClN6O. The number of halogens is 1. The van der Waals surface area contributed by atoms with Crippen LogP contribution in [0.4, 0.5) is 5.69 Å². The van der Waals surface area contributed by atoms with Crippen molar-refractivity contribution in [3.8, 4) is 11.4 Å². The predicted octanol–water partition coefficient (Wildman–Crippen LogP) is 2.16. The number of carbonyl (C=O) groups is 1. The highest BCUT2D eigenvalue weighted by Crippen LogP contribution is 2.36. The molecule has 128 valence electrons. The maximum absolute atomic E-state index is 12.3. The second kappa shape index (κ2) is 6.86. The Balaban J connectivity index is 0.00000169. The van der Waals surface area contributed by atoms with E-state index in [0.29, 0.717) is 6.04 Å². The van der Waals surface area contributed by atoms with E-state index >= 15 is 0 Å². The zero-order chi connectivity index (χ0) is 15.8. The standard InChI is InChI=1S/C16H20N6O.ClH/c17-12-5-4-11(8-12)16(23)18-13-3-1-2-10(9-13)15-19-20-21-22(15)14-6-7-14;/h1-3,9,11-12,14H,4-8,17H2,(H,18,23);1H. The molecule has 1 aromatic heterocycles. The minimum absolute atomic E-state index is 0. The molecule has 2 aromatic rings. The maximum atomic E-state index is 12.3. The van der Waals surface area contributed by atoms with Crippen LogP contribution >= 0.6 is 12.4 Å². The molecule has 4 rings (SSSR count). The van der Waals surface area contributed by atoms with Crippen LogP contribution in [0.5, 0.6) is 0 Å². The maximum Gasteiger partial charge on any atom is 0.227 e. The third-order valence-corrected chi connectivity index (χ3v) is 4.62. The van der Waals surface area contributed by atoms with E-state index in [1.807, 2.05) is 28.9 Å². The molecule has 1 amide bonds. The molecule has 8 heteroatoms. The summed E-state index contributed by atoms with van der Waals surface area (Å²) in [6, 6.07) is 8.26. The van der Waals surface area contributed by atoms with Gasteiger partial charge in [-0.1, -0.05) is 12.1 Å². The number of anilines is 1. The number of hydrogen-bond donors (Lipinski definition) is 2. The molecule has 2 unspecified atom stereocenters. The molecule has 2 atom stereocenters. The van der Waals surface area contributed by atoms with Gasteiger partial charge in [0.05, 0.1) is 6.04 Å². The minimum atomic E-state index is 0. The van der Waals surface area contributed by atoms with Gasteiger partial charge in [-0.25, -0.2) is 4.68 Å². The fourth-order valence-electron chi connectivity index (χ4n) is 3.18. The summed E-state index contributed by atoms with van der Waals surface area (Å²) in [6.45, 7) is 0. The van der Waals surface area contributed by atoms with E-state index < -0.39 is 0 Å². The van der Waals surface area contributed by atoms with Gasteiger partial charge in [-0.05, 0) is 54.7 Å². The van der Waals surface area contributed by atoms with Gasteiger partial charge < -0.3 is 11.1 Å². The number of nitrogens with one attached hydrogen (secondary N) is 1. The van der Waals surface area contributed by atoms with E-state index in [4.69, 9.17) is 5.73 Å². The van der Waals surface area contributed by atoms with Crippen molar-refractivity contribution in [2.75, 3.05) is 5.32 Å². The summed E-state index contributed by atoms with van der Waals surface area (Å²) < 4.78 is 1.87. The number of tetrazole rings is 1. The molecule has 0 saturated heterocycles. The summed E-state index contributed by atoms with van der Waals surface area (Å²) in [5, 5.41) is 15.0. The summed E-state index contributed by atoms with van der Waals surface area (Å²) >= 11 is 0. The Morgan fingerprint density at radius 3 is 2.79 bits per heavy atom. The minimum Gasteiger partial charge on any atom is -0.328 e. The van der Waals surface area contributed by atoms with Crippen molar-refractivity contribution in [3.63, 3.8) is 0 Å². The first-order valence-corrected chi connectivity index (χ1v) is 8.15. The molecule has 2 fully saturated rings. The lowest BCUT2D eigenvalue weighted by Gasteiger charge is -2.11. The van der Waals surface area contributed by atoms with Gasteiger partial charge >= 0.3 is 0 Å². The third kappa shape index (κ3) is 3.42. The van der Waals surface area contributed by atoms with Gasteiger partial charge in [0.25, 0.3) is 0 Å². The number of nitrogens with zero attached hydrogens (tertiary/aromatic N) is 4. The Kier molecular flexibility index (Phi) is 4.82. The summed E-state index contributed by atoms with van der Waals surface area (Å²) in [6.07, 6.45) is 4.80. The first kappa shape index (κ1) is 16.9. The highest BCUT2D eigenvalue weighted by Gasteiger charge is 2.29. The Morgan fingerprint density at radius 2 is 2.08 bits per heavy atom. The van der Waals surface area contributed by atoms with Crippen molar-refractivity contribution in [2.24, 2.45) is 11.7 Å². The summed E-state index contributed by atoms with van der Waals surface area (Å²) in [7, 11) is 0. The van der Waals surface area contributed by atoms with Gasteiger partial charge in [0.1, 0.15) is 0 Å². The number of carbonyl (C=O) groups excluding carboxylic acids is 1. The van der Waals surface area contributed by atoms with Crippen LogP contribution in [0.15, 0.2) is 24.3 Å². The molecule has 0 radical (unpaired) electrons. The second-order valence-electron chi connectivity index (χ2n) is 6.52. The summed E-state index contributed by atoms with van der Waals surface area (Å²) in [4.78, 5) is 12.3. The largest absolute Gasteiger partial charge is 0.328 e. The zero-order valence-corrected chi connectivity index (χ0v) is 14.1. The number of hydrogen-bond acceptors (Lipinski definition) is 5. The van der Waals surface area contributed by atoms with E-state index in [1.54, 1.807) is 0 Å². The smallest absolute Gasteiger partial charge is 0.227 e. The molecule has 24 heavy (non-hydrogen) atoms. The molecule has 0 bridgehead atoms. The molecule has 1 aromatic carbocycles. The molecule has 0 spiro atoms. The van der Waals surface area contributed by atoms with E-state index in [2.05, 4.69) is 20.8 Å². The lowest BCUT2D eigenvalue weighted by molar-refractivity contribution is -0.119. The first-order valence-electron chi connectivity index (χ1n) is 8.15. The average molecular weight is 349 g/mol. The highest BCUT2D eigenvalue weighted by molar-refractivity contribution is 5.93. The van der Waals surface area contributed by atoms with E-state index in [0.717, 1.165) is 49.2 Å². The summed E-state index contributed by atoms with van der Waals surface area (Å²) in [5.41, 5.74) is 7.59. The van der Waals surface area contributed by atoms with Crippen LogP contribution in [0, 0.1) is 5.92 Å². The van der Waals surface area contributed by atoms with Crippen LogP contribution in [0.1, 0.15) is 38.1 Å². The molecule has 0 aliphatic heterocycles. The van der Waals surface area contributed by atoms with Gasteiger partial charge in [0.15, 0.2) is 5.82 Å². The first-order chi connectivity index (χ1) is 11.2. The van der Waals surface area contributed by atoms with Gasteiger partial charge in [0.2, 0.25) is 5.91 Å². The fourth-order valence-corrected chi connectivity index (χ4v) is 3.18. The molecule has 1 heterocycles. The van der Waals surface area contributed by atoms with Crippen LogP contribution in [-0.2, 0) is 4.79 Å². The number of rotatable bonds is 4. The van der Waals surface area contributed by atoms with Gasteiger partial charge in [-0.15, -0.1) is 17.5 Å². The number of nitrogens with two attached hydrogens (primary N) is 1. The monoisotopic (exact) mass is 348 g/mol. The summed E-state index contributed by atoms with van der Waals surface area (Å²) in [5.74, 6) is 0.828. The lowest BCUT2D eigenvalue weighted by atomic mass is 10.1. The van der Waals surface area contributed by atoms with Crippen LogP contribution in [0.25, 0.3) is 11.4 Å². The molecule has 3 N–H and O–H groups in total. The van der Waals surface area contributed by atoms with E-state index in [1.165, 1.54) is 0 Å². The van der Waals surface area contributed by atoms with Crippen molar-refractivity contribution in [3.05, 3.63) is 24.3 Å². The second-order valence-corrected chi connectivity index (χ2v) is 6.52. The molecule has 7 nitrogen and oxygen atoms in total. The number of benzene rings is 1. The Hall–Kier alpha value is -1.99. The van der Waals surface area contributed by atoms with Crippen LogP contribution < -0.4 is 11.1 Å². The van der Waals surface area contributed by atoms with Crippen LogP contribution in [0.2, 0.25) is 0 Å². The lowest BCUT2D eigenvalue weighted by Crippen LogP contribution is -2.23. The normalized spacial score (nSPS) is 22.9. The van der Waals surface area contributed by atoms with Crippen molar-refractivity contribution in [1.29, 1.82) is 0 Å². The van der Waals surface area contributed by atoms with E-state index in [9.17, 15) is 4.79 Å². The highest BCUT2D eigenvalue weighted by atomic mass is 35.5. The Labute approximate surface area is 146 Å². The SMILES string of the molecule is Cl.NC1CCC(C(=O)Nc2cccc(-c3nnnn3C3CC3)c2)C1. The molecular weight excluding hydrogens is 328 g/mol. The Morgan fingerprint density at radius 1 is 1.25 bits per heavy atom. The third-order valence-electron chi connectivity index (χ3n) is 4.62. The molecule has 2 saturated carbocycles. The topological polar surface area (TPSA) is 98.7 Å². The van der Waals surface area contributed by atoms with Crippen molar-refractivity contribution in [1.82, 2.24) is 20.2 Å². The number of amides is 1. The number of aromatic nitrogens is 4. The zero-order valence-electron chi connectivity index (χ0n) is 13.3. The van der Waals surface area contributed by atoms with Crippen LogP contribution in [0.3, 0.4) is 0 Å². The van der Waals surface area contributed by atoms with Crippen molar-refractivity contribution >= 4 is 24.0 Å². The fraction of sp³-hybridized carbons (Fsp3) is 0.500. The van der Waals surface area contributed by atoms with Crippen molar-refractivity contribution < 1.29 is 4.79 Å². The quantitative estimate of drug-likeness (QED) is 0.882. The molecule has 2 aliphatic rings. The van der Waals surface area contributed by atoms with Gasteiger partial charge in [0, 0.05) is 23.2 Å². The van der Waals surface area contributed by atoms with E-state index in [-0.39, 0.29) is 30.3 Å². The molecule has 2 aliphatic carbocycles.